The van der Waals surface area contributed by atoms with Crippen molar-refractivity contribution in [1.29, 1.82) is 0 Å². The van der Waals surface area contributed by atoms with Gasteiger partial charge in [-0.3, -0.25) is 4.79 Å². The Bertz CT molecular complexity index is 987. The average molecular weight is 447 g/mol. The standard InChI is InChI=1S/C22H30N4O4S/c1-25(2)6-4-7-26(22(31)23-12-17-5-3-8-28-17)13-16-9-15-10-19-20(30-14-29-19)11-18(15)24-21(16)27/h9-11,17H,3-8,12-14H2,1-2H3,(H,23,31)(H,24,27)/t17-/m1/s1. The van der Waals surface area contributed by atoms with Gasteiger partial charge in [-0.25, -0.2) is 0 Å². The number of aromatic amines is 1. The predicted octanol–water partition coefficient (Wildman–Crippen LogP) is 2.06. The molecular weight excluding hydrogens is 416 g/mol. The molecule has 9 heteroatoms. The first-order valence-electron chi connectivity index (χ1n) is 10.7. The summed E-state index contributed by atoms with van der Waals surface area (Å²) in [6, 6.07) is 5.63. The van der Waals surface area contributed by atoms with Crippen molar-refractivity contribution < 1.29 is 14.2 Å². The highest BCUT2D eigenvalue weighted by Crippen LogP contribution is 2.35. The van der Waals surface area contributed by atoms with Crippen LogP contribution in [0.25, 0.3) is 10.9 Å². The third kappa shape index (κ3) is 5.47. The summed E-state index contributed by atoms with van der Waals surface area (Å²) in [5.74, 6) is 1.35. The topological polar surface area (TPSA) is 79.1 Å². The van der Waals surface area contributed by atoms with E-state index in [1.165, 1.54) is 0 Å². The molecule has 0 spiro atoms. The van der Waals surface area contributed by atoms with E-state index in [0.29, 0.717) is 35.3 Å². The molecule has 8 nitrogen and oxygen atoms in total. The summed E-state index contributed by atoms with van der Waals surface area (Å²) in [5.41, 5.74) is 1.28. The molecule has 0 bridgehead atoms. The third-order valence-corrected chi connectivity index (χ3v) is 6.00. The second kappa shape index (κ2) is 9.84. The van der Waals surface area contributed by atoms with Crippen molar-refractivity contribution in [1.82, 2.24) is 20.1 Å². The number of fused-ring (bicyclic) bond motifs is 2. The van der Waals surface area contributed by atoms with Gasteiger partial charge in [0.2, 0.25) is 6.79 Å². The van der Waals surface area contributed by atoms with Crippen LogP contribution in [0.2, 0.25) is 0 Å². The molecule has 4 rings (SSSR count). The maximum atomic E-state index is 12.8. The molecule has 1 saturated heterocycles. The third-order valence-electron chi connectivity index (χ3n) is 5.60. The van der Waals surface area contributed by atoms with Crippen LogP contribution < -0.4 is 20.3 Å². The van der Waals surface area contributed by atoms with E-state index in [9.17, 15) is 4.79 Å². The molecule has 31 heavy (non-hydrogen) atoms. The number of nitrogens with one attached hydrogen (secondary N) is 2. The minimum atomic E-state index is -0.120. The van der Waals surface area contributed by atoms with Gasteiger partial charge in [-0.15, -0.1) is 0 Å². The Hall–Kier alpha value is -2.36. The Morgan fingerprint density at radius 2 is 2.03 bits per heavy atom. The van der Waals surface area contributed by atoms with E-state index in [4.69, 9.17) is 26.4 Å². The Labute approximate surface area is 187 Å². The van der Waals surface area contributed by atoms with Crippen LogP contribution in [0, 0.1) is 0 Å². The van der Waals surface area contributed by atoms with Gasteiger partial charge >= 0.3 is 0 Å². The zero-order valence-corrected chi connectivity index (χ0v) is 18.9. The molecule has 2 N–H and O–H groups in total. The zero-order valence-electron chi connectivity index (χ0n) is 18.1. The lowest BCUT2D eigenvalue weighted by molar-refractivity contribution is 0.113. The van der Waals surface area contributed by atoms with Gasteiger partial charge in [-0.1, -0.05) is 0 Å². The van der Waals surface area contributed by atoms with Gasteiger partial charge in [-0.05, 0) is 64.3 Å². The second-order valence-electron chi connectivity index (χ2n) is 8.32. The number of ether oxygens (including phenoxy) is 3. The lowest BCUT2D eigenvalue weighted by Crippen LogP contribution is -2.43. The van der Waals surface area contributed by atoms with Gasteiger partial charge in [0, 0.05) is 36.7 Å². The molecule has 0 saturated carbocycles. The summed E-state index contributed by atoms with van der Waals surface area (Å²) in [6.07, 6.45) is 3.29. The summed E-state index contributed by atoms with van der Waals surface area (Å²) >= 11 is 5.69. The van der Waals surface area contributed by atoms with Crippen LogP contribution in [0.4, 0.5) is 0 Å². The normalized spacial score (nSPS) is 17.5. The zero-order chi connectivity index (χ0) is 21.8. The minimum Gasteiger partial charge on any atom is -0.454 e. The van der Waals surface area contributed by atoms with Crippen LogP contribution in [-0.4, -0.2) is 73.1 Å². The van der Waals surface area contributed by atoms with E-state index in [0.717, 1.165) is 49.9 Å². The van der Waals surface area contributed by atoms with Gasteiger partial charge in [0.05, 0.1) is 18.2 Å². The minimum absolute atomic E-state index is 0.120. The lowest BCUT2D eigenvalue weighted by atomic mass is 10.1. The van der Waals surface area contributed by atoms with Gasteiger partial charge < -0.3 is 34.3 Å². The Balaban J connectivity index is 1.50. The molecule has 0 amide bonds. The summed E-state index contributed by atoms with van der Waals surface area (Å²) in [4.78, 5) is 20.0. The smallest absolute Gasteiger partial charge is 0.253 e. The van der Waals surface area contributed by atoms with Gasteiger partial charge in [-0.2, -0.15) is 0 Å². The number of hydrogen-bond donors (Lipinski definition) is 2. The summed E-state index contributed by atoms with van der Waals surface area (Å²) in [5, 5.41) is 4.90. The largest absolute Gasteiger partial charge is 0.454 e. The van der Waals surface area contributed by atoms with E-state index < -0.39 is 0 Å². The van der Waals surface area contributed by atoms with Crippen molar-refractivity contribution in [3.8, 4) is 11.5 Å². The molecule has 0 unspecified atom stereocenters. The van der Waals surface area contributed by atoms with E-state index >= 15 is 0 Å². The number of aromatic nitrogens is 1. The quantitative estimate of drug-likeness (QED) is 0.597. The fourth-order valence-electron chi connectivity index (χ4n) is 3.91. The molecule has 1 fully saturated rings. The molecule has 2 aliphatic rings. The fourth-order valence-corrected chi connectivity index (χ4v) is 4.15. The molecule has 1 atom stereocenters. The van der Waals surface area contributed by atoms with Crippen LogP contribution in [0.5, 0.6) is 11.5 Å². The first kappa shape index (κ1) is 21.9. The number of rotatable bonds is 8. The van der Waals surface area contributed by atoms with Gasteiger partial charge in [0.25, 0.3) is 5.56 Å². The molecule has 0 radical (unpaired) electrons. The van der Waals surface area contributed by atoms with Crippen LogP contribution in [-0.2, 0) is 11.3 Å². The number of H-pyrrole nitrogens is 1. The van der Waals surface area contributed by atoms with E-state index in [2.05, 4.69) is 34.2 Å². The second-order valence-corrected chi connectivity index (χ2v) is 8.70. The Morgan fingerprint density at radius 3 is 2.77 bits per heavy atom. The number of thiocarbonyl (C=S) groups is 1. The van der Waals surface area contributed by atoms with E-state index in [1.54, 1.807) is 0 Å². The van der Waals surface area contributed by atoms with Crippen LogP contribution in [0.1, 0.15) is 24.8 Å². The summed E-state index contributed by atoms with van der Waals surface area (Å²) < 4.78 is 16.6. The first-order valence-corrected chi connectivity index (χ1v) is 11.1. The predicted molar refractivity (Wildman–Crippen MR) is 124 cm³/mol. The number of nitrogens with zero attached hydrogens (tertiary/aromatic N) is 2. The number of pyridine rings is 1. The Morgan fingerprint density at radius 1 is 1.23 bits per heavy atom. The SMILES string of the molecule is CN(C)CCCN(Cc1cc2cc3c(cc2[nH]c1=O)OCO3)C(=S)NC[C@H]1CCCO1. The van der Waals surface area contributed by atoms with E-state index in [-0.39, 0.29) is 18.5 Å². The van der Waals surface area contributed by atoms with Gasteiger partial charge in [0.1, 0.15) is 0 Å². The van der Waals surface area contributed by atoms with Gasteiger partial charge in [0.15, 0.2) is 16.6 Å². The molecule has 1 aromatic carbocycles. The van der Waals surface area contributed by atoms with Crippen molar-refractivity contribution in [2.75, 3.05) is 47.1 Å². The Kier molecular flexibility index (Phi) is 6.94. The molecule has 2 aliphatic heterocycles. The average Bonchev–Trinajstić information content (AvgIpc) is 3.41. The highest BCUT2D eigenvalue weighted by atomic mass is 32.1. The highest BCUT2D eigenvalue weighted by Gasteiger charge is 2.19. The monoisotopic (exact) mass is 446 g/mol. The maximum Gasteiger partial charge on any atom is 0.253 e. The van der Waals surface area contributed by atoms with E-state index in [1.807, 2.05) is 18.2 Å². The van der Waals surface area contributed by atoms with Crippen LogP contribution in [0.3, 0.4) is 0 Å². The van der Waals surface area contributed by atoms with Crippen molar-refractivity contribution in [3.63, 3.8) is 0 Å². The first-order chi connectivity index (χ1) is 15.0. The lowest BCUT2D eigenvalue weighted by Gasteiger charge is -2.27. The molecular formula is C22H30N4O4S. The maximum absolute atomic E-state index is 12.8. The number of benzene rings is 1. The number of hydrogen-bond acceptors (Lipinski definition) is 6. The molecule has 1 aromatic heterocycles. The van der Waals surface area contributed by atoms with Crippen molar-refractivity contribution in [2.24, 2.45) is 0 Å². The van der Waals surface area contributed by atoms with Crippen molar-refractivity contribution in [2.45, 2.75) is 31.9 Å². The highest BCUT2D eigenvalue weighted by molar-refractivity contribution is 7.80. The molecule has 0 aliphatic carbocycles. The van der Waals surface area contributed by atoms with Crippen molar-refractivity contribution in [3.05, 3.63) is 34.1 Å². The molecule has 168 valence electrons. The molecule has 2 aromatic rings. The van der Waals surface area contributed by atoms with Crippen molar-refractivity contribution >= 4 is 28.2 Å². The summed E-state index contributed by atoms with van der Waals surface area (Å²) in [7, 11) is 4.10. The fraction of sp³-hybridized carbons (Fsp3) is 0.545. The summed E-state index contributed by atoms with van der Waals surface area (Å²) in [6.45, 7) is 3.85. The van der Waals surface area contributed by atoms with Crippen LogP contribution in [0.15, 0.2) is 23.0 Å². The van der Waals surface area contributed by atoms with Crippen LogP contribution >= 0.6 is 12.2 Å². The molecule has 3 heterocycles.